The number of ether oxygens (including phenoxy) is 1. The predicted molar refractivity (Wildman–Crippen MR) is 148 cm³/mol. The minimum absolute atomic E-state index is 0.0748. The van der Waals surface area contributed by atoms with Crippen LogP contribution in [0.3, 0.4) is 0 Å². The molecule has 0 bridgehead atoms. The molecule has 1 aliphatic heterocycles. The fraction of sp³-hybridized carbons (Fsp3) is 0.360. The molecule has 0 atom stereocenters. The highest BCUT2D eigenvalue weighted by Gasteiger charge is 2.23. The van der Waals surface area contributed by atoms with Crippen LogP contribution < -0.4 is 15.3 Å². The van der Waals surface area contributed by atoms with E-state index in [0.29, 0.717) is 74.8 Å². The number of anilines is 2. The van der Waals surface area contributed by atoms with Crippen molar-refractivity contribution in [3.05, 3.63) is 36.0 Å². The summed E-state index contributed by atoms with van der Waals surface area (Å²) in [7, 11) is 3.79. The normalized spacial score (nSPS) is 14.1. The van der Waals surface area contributed by atoms with Crippen LogP contribution in [0.4, 0.5) is 17.3 Å². The number of carbonyl (C=O) groups is 1. The number of morpholine rings is 1. The molecule has 13 heteroatoms. The van der Waals surface area contributed by atoms with Crippen molar-refractivity contribution < 1.29 is 19.8 Å². The van der Waals surface area contributed by atoms with Gasteiger partial charge in [0.2, 0.25) is 0 Å². The summed E-state index contributed by atoms with van der Waals surface area (Å²) in [6, 6.07) is 6.81. The first kappa shape index (κ1) is 28.4. The minimum atomic E-state index is -0.727. The van der Waals surface area contributed by atoms with E-state index in [1.54, 1.807) is 23.7 Å². The third-order valence-corrected chi connectivity index (χ3v) is 5.75. The smallest absolute Gasteiger partial charge is 0.277 e. The van der Waals surface area contributed by atoms with Crippen LogP contribution in [0.1, 0.15) is 0 Å². The number of nitrogens with one attached hydrogen (secondary N) is 1. The summed E-state index contributed by atoms with van der Waals surface area (Å²) >= 11 is 0. The minimum Gasteiger partial charge on any atom is -0.508 e. The molecule has 38 heavy (non-hydrogen) atoms. The molecule has 2 aromatic rings. The van der Waals surface area contributed by atoms with Gasteiger partial charge in [-0.1, -0.05) is 12.1 Å². The number of hydrogen-bond donors (Lipinski definition) is 3. The van der Waals surface area contributed by atoms with Gasteiger partial charge in [-0.3, -0.25) is 29.9 Å². The second kappa shape index (κ2) is 13.9. The lowest BCUT2D eigenvalue weighted by Crippen LogP contribution is -2.37. The summed E-state index contributed by atoms with van der Waals surface area (Å²) in [6.07, 6.45) is 2.53. The number of rotatable bonds is 12. The average molecular weight is 524 g/mol. The number of phenolic OH excluding ortho intramolecular Hbond substituents is 1. The van der Waals surface area contributed by atoms with Crippen molar-refractivity contribution in [2.75, 3.05) is 70.0 Å². The Bertz CT molecular complexity index is 1200. The van der Waals surface area contributed by atoms with Crippen molar-refractivity contribution in [2.24, 2.45) is 15.0 Å². The predicted octanol–water partition coefficient (Wildman–Crippen LogP) is 1.50. The topological polar surface area (TPSA) is 151 Å². The Hall–Kier alpha value is -4.20. The maximum Gasteiger partial charge on any atom is 0.277 e. The van der Waals surface area contributed by atoms with E-state index in [9.17, 15) is 9.90 Å². The molecule has 0 saturated carbocycles. The highest BCUT2D eigenvalue weighted by atomic mass is 16.5. The molecule has 0 spiro atoms. The third-order valence-electron chi connectivity index (χ3n) is 5.75. The van der Waals surface area contributed by atoms with E-state index in [0.717, 1.165) is 0 Å². The molecule has 1 aromatic heterocycles. The number of aliphatic imine (C=N–C) groups is 3. The second-order valence-electron chi connectivity index (χ2n) is 8.51. The van der Waals surface area contributed by atoms with Crippen molar-refractivity contribution in [2.45, 2.75) is 0 Å². The molecule has 1 saturated heterocycles. The average Bonchev–Trinajstić information content (AvgIpc) is 2.94. The van der Waals surface area contributed by atoms with Crippen LogP contribution in [0.2, 0.25) is 0 Å². The van der Waals surface area contributed by atoms with Crippen molar-refractivity contribution in [3.8, 4) is 17.1 Å². The summed E-state index contributed by atoms with van der Waals surface area (Å²) in [5.74, 6) is 1.13. The van der Waals surface area contributed by atoms with Gasteiger partial charge in [-0.25, -0.2) is 15.4 Å². The number of hydroxylamine groups is 1. The van der Waals surface area contributed by atoms with E-state index in [2.05, 4.69) is 33.3 Å². The number of benzene rings is 1. The van der Waals surface area contributed by atoms with Crippen LogP contribution >= 0.6 is 0 Å². The van der Waals surface area contributed by atoms with E-state index in [1.165, 1.54) is 12.4 Å². The first-order valence-electron chi connectivity index (χ1n) is 11.9. The number of phenols is 1. The number of aromatic hydroxyl groups is 1. The van der Waals surface area contributed by atoms with E-state index < -0.39 is 5.91 Å². The molecular weight excluding hydrogens is 490 g/mol. The summed E-state index contributed by atoms with van der Waals surface area (Å²) in [5.41, 5.74) is 2.87. The summed E-state index contributed by atoms with van der Waals surface area (Å²) < 4.78 is 5.51. The molecule has 1 amide bonds. The van der Waals surface area contributed by atoms with E-state index in [4.69, 9.17) is 19.9 Å². The molecule has 3 N–H and O–H groups in total. The largest absolute Gasteiger partial charge is 0.508 e. The fourth-order valence-corrected chi connectivity index (χ4v) is 3.70. The molecule has 13 nitrogen and oxygen atoms in total. The van der Waals surface area contributed by atoms with Gasteiger partial charge < -0.3 is 19.6 Å². The van der Waals surface area contributed by atoms with Gasteiger partial charge >= 0.3 is 0 Å². The molecule has 0 radical (unpaired) electrons. The van der Waals surface area contributed by atoms with Gasteiger partial charge in [0, 0.05) is 51.2 Å². The number of carbonyl (C=O) groups excluding carboxylic acids is 1. The lowest BCUT2D eigenvalue weighted by molar-refractivity contribution is -0.124. The van der Waals surface area contributed by atoms with Crippen LogP contribution in [0.15, 0.2) is 51.0 Å². The maximum absolute atomic E-state index is 11.6. The Balaban J connectivity index is 1.82. The van der Waals surface area contributed by atoms with E-state index in [1.807, 2.05) is 30.0 Å². The lowest BCUT2D eigenvalue weighted by Gasteiger charge is -2.31. The van der Waals surface area contributed by atoms with Gasteiger partial charge in [-0.05, 0) is 32.6 Å². The molecule has 1 aromatic carbocycles. The first-order chi connectivity index (χ1) is 18.4. The SMILES string of the molecule is C=N/C=C(\C=N/CN(C)CCN(C)c1nc(-c2cccc(O)c2)nc(N2CCOCC2)c1N=C)C(=O)NO. The summed E-state index contributed by atoms with van der Waals surface area (Å²) in [5, 5.41) is 18.8. The zero-order chi connectivity index (χ0) is 27.5. The highest BCUT2D eigenvalue weighted by molar-refractivity contribution is 6.11. The Morgan fingerprint density at radius 1 is 1.24 bits per heavy atom. The van der Waals surface area contributed by atoms with Gasteiger partial charge in [-0.15, -0.1) is 0 Å². The molecule has 0 aliphatic carbocycles. The maximum atomic E-state index is 11.6. The Kier molecular flexibility index (Phi) is 10.4. The number of aromatic nitrogens is 2. The standard InChI is InChI=1S/C25H33N9O4/c1-26-15-19(25(36)31-37)16-28-17-32(3)8-9-33(4)23-21(27-2)24(34-10-12-38-13-11-34)30-22(29-23)18-6-5-7-20(35)14-18/h5-7,14-16,35,37H,1-2,8-13,17H2,3-4H3,(H,31,36)/b19-15+,28-16-. The Morgan fingerprint density at radius 3 is 2.66 bits per heavy atom. The van der Waals surface area contributed by atoms with Gasteiger partial charge in [-0.2, -0.15) is 0 Å². The van der Waals surface area contributed by atoms with Gasteiger partial charge in [0.15, 0.2) is 17.5 Å². The lowest BCUT2D eigenvalue weighted by atomic mass is 10.2. The van der Waals surface area contributed by atoms with Crippen molar-refractivity contribution >= 4 is 42.9 Å². The molecule has 202 valence electrons. The van der Waals surface area contributed by atoms with Gasteiger partial charge in [0.1, 0.15) is 11.4 Å². The van der Waals surface area contributed by atoms with Crippen LogP contribution in [-0.4, -0.2) is 111 Å². The zero-order valence-electron chi connectivity index (χ0n) is 21.6. The highest BCUT2D eigenvalue weighted by Crippen LogP contribution is 2.37. The number of nitrogens with zero attached hydrogens (tertiary/aromatic N) is 8. The van der Waals surface area contributed by atoms with Crippen molar-refractivity contribution in [3.63, 3.8) is 0 Å². The molecule has 3 rings (SSSR count). The number of likely N-dealkylation sites (N-methyl/N-ethyl adjacent to an activating group) is 2. The van der Waals surface area contributed by atoms with Crippen LogP contribution in [0.25, 0.3) is 11.4 Å². The van der Waals surface area contributed by atoms with E-state index >= 15 is 0 Å². The van der Waals surface area contributed by atoms with Gasteiger partial charge in [0.25, 0.3) is 5.91 Å². The fourth-order valence-electron chi connectivity index (χ4n) is 3.70. The first-order valence-corrected chi connectivity index (χ1v) is 11.9. The Morgan fingerprint density at radius 2 is 2.00 bits per heavy atom. The van der Waals surface area contributed by atoms with Gasteiger partial charge in [0.05, 0.1) is 25.5 Å². The monoisotopic (exact) mass is 523 g/mol. The summed E-state index contributed by atoms with van der Waals surface area (Å²) in [4.78, 5) is 39.3. The van der Waals surface area contributed by atoms with Crippen molar-refractivity contribution in [1.29, 1.82) is 0 Å². The van der Waals surface area contributed by atoms with Crippen LogP contribution in [0.5, 0.6) is 5.75 Å². The molecular formula is C25H33N9O4. The molecule has 1 aliphatic rings. The third kappa shape index (κ3) is 7.41. The zero-order valence-corrected chi connectivity index (χ0v) is 21.6. The number of amides is 1. The second-order valence-corrected chi connectivity index (χ2v) is 8.51. The van der Waals surface area contributed by atoms with Crippen molar-refractivity contribution in [1.82, 2.24) is 20.3 Å². The molecule has 0 unspecified atom stereocenters. The molecule has 1 fully saturated rings. The van der Waals surface area contributed by atoms with E-state index in [-0.39, 0.29) is 11.3 Å². The Labute approximate surface area is 221 Å². The molecule has 2 heterocycles. The quantitative estimate of drug-likeness (QED) is 0.163. The number of hydrogen-bond acceptors (Lipinski definition) is 12. The van der Waals surface area contributed by atoms with Crippen LogP contribution in [0, 0.1) is 0 Å². The summed E-state index contributed by atoms with van der Waals surface area (Å²) in [6.45, 7) is 11.0. The van der Waals surface area contributed by atoms with Crippen LogP contribution in [-0.2, 0) is 9.53 Å².